The molecule has 1 aromatic heterocycles. The minimum absolute atomic E-state index is 0.460. The predicted molar refractivity (Wildman–Crippen MR) is 105 cm³/mol. The van der Waals surface area contributed by atoms with Gasteiger partial charge in [-0.1, -0.05) is 54.1 Å². The molecule has 4 aromatic rings. The number of aromatic nitrogens is 1. The molecule has 1 heterocycles. The first-order chi connectivity index (χ1) is 12.2. The first-order valence-electron chi connectivity index (χ1n) is 8.36. The Balaban J connectivity index is 1.59. The maximum atomic E-state index is 10.6. The molecule has 0 amide bonds. The molecule has 0 radical (unpaired) electrons. The number of benzene rings is 3. The van der Waals surface area contributed by atoms with Gasteiger partial charge in [0, 0.05) is 39.1 Å². The molecule has 3 aromatic carbocycles. The van der Waals surface area contributed by atoms with Crippen LogP contribution in [0, 0.1) is 0 Å². The van der Waals surface area contributed by atoms with E-state index in [1.165, 1.54) is 10.8 Å². The largest absolute Gasteiger partial charge is 0.389 e. The number of halogens is 1. The SMILES string of the molecule is O[C@H](CNc1cccc(Cl)c1)Cn1c2ccccc2c2ccccc21. The van der Waals surface area contributed by atoms with Gasteiger partial charge in [0.15, 0.2) is 0 Å². The fourth-order valence-electron chi connectivity index (χ4n) is 3.31. The lowest BCUT2D eigenvalue weighted by molar-refractivity contribution is 0.169. The molecule has 0 fully saturated rings. The molecule has 1 atom stereocenters. The highest BCUT2D eigenvalue weighted by Crippen LogP contribution is 2.28. The van der Waals surface area contributed by atoms with Gasteiger partial charge in [0.25, 0.3) is 0 Å². The van der Waals surface area contributed by atoms with E-state index in [1.54, 1.807) is 0 Å². The molecule has 0 spiro atoms. The molecular formula is C21H19ClN2O. The number of rotatable bonds is 5. The number of fused-ring (bicyclic) bond motifs is 3. The first kappa shape index (κ1) is 16.0. The van der Waals surface area contributed by atoms with Crippen LogP contribution < -0.4 is 5.32 Å². The lowest BCUT2D eigenvalue weighted by Crippen LogP contribution is -2.24. The highest BCUT2D eigenvalue weighted by Gasteiger charge is 2.13. The molecule has 0 aliphatic heterocycles. The second-order valence-corrected chi connectivity index (χ2v) is 6.63. The minimum Gasteiger partial charge on any atom is -0.389 e. The van der Waals surface area contributed by atoms with Crippen LogP contribution in [-0.2, 0) is 6.54 Å². The van der Waals surface area contributed by atoms with Gasteiger partial charge in [-0.25, -0.2) is 0 Å². The summed E-state index contributed by atoms with van der Waals surface area (Å²) in [6, 6.07) is 24.2. The van der Waals surface area contributed by atoms with Gasteiger partial charge in [-0.2, -0.15) is 0 Å². The molecule has 2 N–H and O–H groups in total. The van der Waals surface area contributed by atoms with Crippen LogP contribution in [0.25, 0.3) is 21.8 Å². The Bertz CT molecular complexity index is 971. The number of hydrogen-bond donors (Lipinski definition) is 2. The molecule has 126 valence electrons. The van der Waals surface area contributed by atoms with Crippen LogP contribution in [0.1, 0.15) is 0 Å². The van der Waals surface area contributed by atoms with Crippen LogP contribution in [0.2, 0.25) is 5.02 Å². The Kier molecular flexibility index (Phi) is 4.35. The Morgan fingerprint density at radius 2 is 1.52 bits per heavy atom. The third-order valence-electron chi connectivity index (χ3n) is 4.44. The van der Waals surface area contributed by atoms with E-state index in [9.17, 15) is 5.11 Å². The van der Waals surface area contributed by atoms with E-state index in [0.29, 0.717) is 18.1 Å². The average molecular weight is 351 g/mol. The topological polar surface area (TPSA) is 37.2 Å². The Labute approximate surface area is 151 Å². The molecule has 0 aliphatic rings. The molecule has 0 unspecified atom stereocenters. The fourth-order valence-corrected chi connectivity index (χ4v) is 3.50. The van der Waals surface area contributed by atoms with E-state index in [1.807, 2.05) is 36.4 Å². The summed E-state index contributed by atoms with van der Waals surface area (Å²) in [6.45, 7) is 0.989. The number of nitrogens with one attached hydrogen (secondary N) is 1. The lowest BCUT2D eigenvalue weighted by atomic mass is 10.2. The summed E-state index contributed by atoms with van der Waals surface area (Å²) < 4.78 is 2.19. The standard InChI is InChI=1S/C21H19ClN2O/c22-15-6-5-7-16(12-15)23-13-17(25)14-24-20-10-3-1-8-18(20)19-9-2-4-11-21(19)24/h1-12,17,23,25H,13-14H2/t17-/m1/s1. The summed E-state index contributed by atoms with van der Waals surface area (Å²) in [5.74, 6) is 0. The number of hydrogen-bond acceptors (Lipinski definition) is 2. The molecule has 0 bridgehead atoms. The van der Waals surface area contributed by atoms with Crippen LogP contribution in [0.4, 0.5) is 5.69 Å². The van der Waals surface area contributed by atoms with Crippen LogP contribution in [-0.4, -0.2) is 22.3 Å². The van der Waals surface area contributed by atoms with E-state index in [0.717, 1.165) is 16.7 Å². The quantitative estimate of drug-likeness (QED) is 0.536. The van der Waals surface area contributed by atoms with Crippen molar-refractivity contribution in [2.75, 3.05) is 11.9 Å². The van der Waals surface area contributed by atoms with Crippen molar-refractivity contribution in [3.8, 4) is 0 Å². The second-order valence-electron chi connectivity index (χ2n) is 6.19. The van der Waals surface area contributed by atoms with Crippen molar-refractivity contribution < 1.29 is 5.11 Å². The lowest BCUT2D eigenvalue weighted by Gasteiger charge is -2.15. The average Bonchev–Trinajstić information content (AvgIpc) is 2.95. The van der Waals surface area contributed by atoms with Crippen LogP contribution >= 0.6 is 11.6 Å². The van der Waals surface area contributed by atoms with Crippen molar-refractivity contribution in [3.63, 3.8) is 0 Å². The van der Waals surface area contributed by atoms with Crippen molar-refractivity contribution in [3.05, 3.63) is 77.8 Å². The fraction of sp³-hybridized carbons (Fsp3) is 0.143. The first-order valence-corrected chi connectivity index (χ1v) is 8.73. The van der Waals surface area contributed by atoms with Gasteiger partial charge in [-0.15, -0.1) is 0 Å². The Morgan fingerprint density at radius 1 is 0.880 bits per heavy atom. The van der Waals surface area contributed by atoms with E-state index >= 15 is 0 Å². The summed E-state index contributed by atoms with van der Waals surface area (Å²) in [7, 11) is 0. The van der Waals surface area contributed by atoms with Gasteiger partial charge >= 0.3 is 0 Å². The van der Waals surface area contributed by atoms with Crippen molar-refractivity contribution in [2.24, 2.45) is 0 Å². The van der Waals surface area contributed by atoms with Gasteiger partial charge in [0.1, 0.15) is 0 Å². The normalized spacial score (nSPS) is 12.6. The zero-order valence-electron chi connectivity index (χ0n) is 13.7. The van der Waals surface area contributed by atoms with Crippen LogP contribution in [0.5, 0.6) is 0 Å². The van der Waals surface area contributed by atoms with Gasteiger partial charge in [0.05, 0.1) is 12.6 Å². The van der Waals surface area contributed by atoms with Crippen LogP contribution in [0.15, 0.2) is 72.8 Å². The number of para-hydroxylation sites is 2. The van der Waals surface area contributed by atoms with Crippen LogP contribution in [0.3, 0.4) is 0 Å². The summed E-state index contributed by atoms with van der Waals surface area (Å²) in [5.41, 5.74) is 3.20. The third-order valence-corrected chi connectivity index (χ3v) is 4.67. The van der Waals surface area contributed by atoms with Gasteiger partial charge in [0.2, 0.25) is 0 Å². The van der Waals surface area contributed by atoms with Gasteiger partial charge in [-0.05, 0) is 30.3 Å². The zero-order chi connectivity index (χ0) is 17.2. The second kappa shape index (κ2) is 6.79. The highest BCUT2D eigenvalue weighted by atomic mass is 35.5. The molecule has 0 saturated heterocycles. The maximum Gasteiger partial charge on any atom is 0.0891 e. The third kappa shape index (κ3) is 3.21. The summed E-state index contributed by atoms with van der Waals surface area (Å²) >= 11 is 6.00. The monoisotopic (exact) mass is 350 g/mol. The Hall–Kier alpha value is -2.49. The molecule has 4 rings (SSSR count). The van der Waals surface area contributed by atoms with Gasteiger partial charge < -0.3 is 15.0 Å². The summed E-state index contributed by atoms with van der Waals surface area (Å²) in [5, 5.41) is 16.9. The molecule has 25 heavy (non-hydrogen) atoms. The van der Waals surface area contributed by atoms with Crippen molar-refractivity contribution >= 4 is 39.1 Å². The maximum absolute atomic E-state index is 10.6. The predicted octanol–water partition coefficient (Wildman–Crippen LogP) is 4.92. The van der Waals surface area contributed by atoms with E-state index in [-0.39, 0.29) is 0 Å². The van der Waals surface area contributed by atoms with Gasteiger partial charge in [-0.3, -0.25) is 0 Å². The minimum atomic E-state index is -0.516. The zero-order valence-corrected chi connectivity index (χ0v) is 14.4. The molecule has 4 heteroatoms. The van der Waals surface area contributed by atoms with Crippen molar-refractivity contribution in [2.45, 2.75) is 12.6 Å². The molecular weight excluding hydrogens is 332 g/mol. The molecule has 0 aliphatic carbocycles. The summed E-state index contributed by atoms with van der Waals surface area (Å²) in [4.78, 5) is 0. The van der Waals surface area contributed by atoms with E-state index in [4.69, 9.17) is 11.6 Å². The Morgan fingerprint density at radius 3 is 2.16 bits per heavy atom. The van der Waals surface area contributed by atoms with E-state index < -0.39 is 6.10 Å². The number of anilines is 1. The number of nitrogens with zero attached hydrogens (tertiary/aromatic N) is 1. The van der Waals surface area contributed by atoms with Crippen molar-refractivity contribution in [1.82, 2.24) is 4.57 Å². The molecule has 0 saturated carbocycles. The number of aliphatic hydroxyl groups excluding tert-OH is 1. The molecule has 3 nitrogen and oxygen atoms in total. The summed E-state index contributed by atoms with van der Waals surface area (Å²) in [6.07, 6.45) is -0.516. The number of aliphatic hydroxyl groups is 1. The van der Waals surface area contributed by atoms with E-state index in [2.05, 4.69) is 46.3 Å². The highest BCUT2D eigenvalue weighted by molar-refractivity contribution is 6.30. The van der Waals surface area contributed by atoms with Crippen molar-refractivity contribution in [1.29, 1.82) is 0 Å². The smallest absolute Gasteiger partial charge is 0.0891 e.